The van der Waals surface area contributed by atoms with Crippen LogP contribution in [0.15, 0.2) is 33.0 Å². The average Bonchev–Trinajstić information content (AvgIpc) is 2.16. The number of hydrogen-bond donors (Lipinski definition) is 1. The van der Waals surface area contributed by atoms with Gasteiger partial charge in [0.2, 0.25) is 5.42 Å². The average molecular weight is 203 g/mol. The summed E-state index contributed by atoms with van der Waals surface area (Å²) in [5.74, 6) is 0. The van der Waals surface area contributed by atoms with Gasteiger partial charge in [-0.1, -0.05) is 0 Å². The van der Waals surface area contributed by atoms with Crippen molar-refractivity contribution in [3.05, 3.63) is 51.3 Å². The SMILES string of the molecule is CC(O)/C=C1\C=c2oc(=O)ccc2=C[CH+]1. The lowest BCUT2D eigenvalue weighted by atomic mass is 10.1. The van der Waals surface area contributed by atoms with E-state index in [1.807, 2.05) is 12.5 Å². The minimum atomic E-state index is -0.516. The van der Waals surface area contributed by atoms with Crippen LogP contribution in [0.4, 0.5) is 0 Å². The zero-order valence-corrected chi connectivity index (χ0v) is 8.31. The Kier molecular flexibility index (Phi) is 2.47. The monoisotopic (exact) mass is 203 g/mol. The minimum Gasteiger partial charge on any atom is -0.403 e. The third kappa shape index (κ3) is 2.19. The van der Waals surface area contributed by atoms with E-state index in [0.29, 0.717) is 5.42 Å². The van der Waals surface area contributed by atoms with Crippen molar-refractivity contribution >= 4 is 12.2 Å². The van der Waals surface area contributed by atoms with E-state index >= 15 is 0 Å². The van der Waals surface area contributed by atoms with Gasteiger partial charge in [-0.3, -0.25) is 0 Å². The molecule has 1 N–H and O–H groups in total. The lowest BCUT2D eigenvalue weighted by Crippen LogP contribution is -2.30. The fourth-order valence-corrected chi connectivity index (χ4v) is 1.46. The Labute approximate surface area is 86.7 Å². The summed E-state index contributed by atoms with van der Waals surface area (Å²) in [6.45, 7) is 1.67. The van der Waals surface area contributed by atoms with Gasteiger partial charge >= 0.3 is 5.63 Å². The molecule has 76 valence electrons. The number of rotatable bonds is 1. The van der Waals surface area contributed by atoms with Crippen molar-refractivity contribution in [2.75, 3.05) is 0 Å². The van der Waals surface area contributed by atoms with Crippen molar-refractivity contribution in [1.29, 1.82) is 0 Å². The summed E-state index contributed by atoms with van der Waals surface area (Å²) in [4.78, 5) is 11.0. The number of fused-ring (bicyclic) bond motifs is 1. The Morgan fingerprint density at radius 1 is 1.53 bits per heavy atom. The zero-order chi connectivity index (χ0) is 10.8. The van der Waals surface area contributed by atoms with Crippen LogP contribution in [0.5, 0.6) is 0 Å². The van der Waals surface area contributed by atoms with Crippen molar-refractivity contribution in [2.24, 2.45) is 0 Å². The van der Waals surface area contributed by atoms with Crippen LogP contribution < -0.4 is 16.3 Å². The molecule has 0 bridgehead atoms. The molecule has 3 heteroatoms. The normalized spacial score (nSPS) is 18.4. The van der Waals surface area contributed by atoms with Gasteiger partial charge in [0.05, 0.1) is 16.9 Å². The Balaban J connectivity index is 2.57. The standard InChI is InChI=1S/C12H11O3/c1-8(13)6-9-2-3-10-4-5-12(14)15-11(10)7-9/h2-8,13H,1H3/q+1/b9-6-. The summed E-state index contributed by atoms with van der Waals surface area (Å²) in [7, 11) is 0. The first-order chi connectivity index (χ1) is 7.15. The maximum atomic E-state index is 11.0. The van der Waals surface area contributed by atoms with E-state index in [0.717, 1.165) is 10.8 Å². The van der Waals surface area contributed by atoms with E-state index < -0.39 is 6.10 Å². The van der Waals surface area contributed by atoms with Crippen LogP contribution >= 0.6 is 0 Å². The Morgan fingerprint density at radius 3 is 3.07 bits per heavy atom. The highest BCUT2D eigenvalue weighted by Gasteiger charge is 2.09. The summed E-state index contributed by atoms with van der Waals surface area (Å²) in [6.07, 6.45) is 6.63. The molecule has 1 atom stereocenters. The summed E-state index contributed by atoms with van der Waals surface area (Å²) >= 11 is 0. The molecule has 1 unspecified atom stereocenters. The quantitative estimate of drug-likeness (QED) is 0.639. The molecule has 1 aliphatic carbocycles. The second-order valence-electron chi connectivity index (χ2n) is 3.46. The highest BCUT2D eigenvalue weighted by atomic mass is 16.4. The van der Waals surface area contributed by atoms with Gasteiger partial charge in [-0.15, -0.1) is 0 Å². The molecular weight excluding hydrogens is 192 g/mol. The van der Waals surface area contributed by atoms with E-state index in [9.17, 15) is 9.90 Å². The smallest absolute Gasteiger partial charge is 0.338 e. The molecule has 0 saturated carbocycles. The Bertz CT molecular complexity index is 561. The summed E-state index contributed by atoms with van der Waals surface area (Å²) < 4.78 is 5.03. The van der Waals surface area contributed by atoms with E-state index in [4.69, 9.17) is 4.42 Å². The Morgan fingerprint density at radius 2 is 2.33 bits per heavy atom. The Hall–Kier alpha value is -1.74. The largest absolute Gasteiger partial charge is 0.403 e. The van der Waals surface area contributed by atoms with Gasteiger partial charge in [-0.2, -0.15) is 0 Å². The fourth-order valence-electron chi connectivity index (χ4n) is 1.46. The van der Waals surface area contributed by atoms with Crippen molar-refractivity contribution in [2.45, 2.75) is 13.0 Å². The van der Waals surface area contributed by atoms with Gasteiger partial charge in [0, 0.05) is 24.6 Å². The summed E-state index contributed by atoms with van der Waals surface area (Å²) in [5, 5.41) is 10.1. The highest BCUT2D eigenvalue weighted by molar-refractivity contribution is 5.62. The van der Waals surface area contributed by atoms with Crippen LogP contribution in [0.25, 0.3) is 12.2 Å². The molecular formula is C12H11O3+. The third-order valence-electron chi connectivity index (χ3n) is 2.08. The van der Waals surface area contributed by atoms with Crippen LogP contribution in [0.3, 0.4) is 0 Å². The van der Waals surface area contributed by atoms with Crippen LogP contribution in [0, 0.1) is 6.42 Å². The van der Waals surface area contributed by atoms with Gasteiger partial charge in [-0.05, 0) is 13.0 Å². The van der Waals surface area contributed by atoms with Crippen molar-refractivity contribution in [3.63, 3.8) is 0 Å². The van der Waals surface area contributed by atoms with E-state index in [-0.39, 0.29) is 5.63 Å². The van der Waals surface area contributed by atoms with Crippen molar-refractivity contribution in [3.8, 4) is 0 Å². The summed E-state index contributed by atoms with van der Waals surface area (Å²) in [6, 6.07) is 3.10. The molecule has 1 aromatic heterocycles. The molecule has 1 heterocycles. The maximum Gasteiger partial charge on any atom is 0.338 e. The first kappa shape index (κ1) is 9.80. The molecule has 1 aliphatic rings. The molecule has 0 aromatic carbocycles. The third-order valence-corrected chi connectivity index (χ3v) is 2.08. The lowest BCUT2D eigenvalue weighted by Gasteiger charge is -1.97. The van der Waals surface area contributed by atoms with Crippen LogP contribution in [0.2, 0.25) is 0 Å². The first-order valence-corrected chi connectivity index (χ1v) is 4.72. The lowest BCUT2D eigenvalue weighted by molar-refractivity contribution is 0.243. The minimum absolute atomic E-state index is 0.364. The number of aliphatic hydroxyl groups is 1. The molecule has 0 radical (unpaired) electrons. The van der Waals surface area contributed by atoms with Crippen LogP contribution in [-0.4, -0.2) is 11.2 Å². The van der Waals surface area contributed by atoms with Gasteiger partial charge in [0.15, 0.2) is 0 Å². The molecule has 0 spiro atoms. The molecule has 15 heavy (non-hydrogen) atoms. The van der Waals surface area contributed by atoms with Crippen molar-refractivity contribution in [1.82, 2.24) is 0 Å². The van der Waals surface area contributed by atoms with E-state index in [1.165, 1.54) is 6.07 Å². The molecule has 2 rings (SSSR count). The molecule has 1 aromatic rings. The highest BCUT2D eigenvalue weighted by Crippen LogP contribution is 2.06. The van der Waals surface area contributed by atoms with Crippen molar-refractivity contribution < 1.29 is 9.52 Å². The van der Waals surface area contributed by atoms with E-state index in [2.05, 4.69) is 0 Å². The maximum absolute atomic E-state index is 11.0. The molecule has 0 aliphatic heterocycles. The van der Waals surface area contributed by atoms with Gasteiger partial charge in [0.25, 0.3) is 0 Å². The van der Waals surface area contributed by atoms with Crippen LogP contribution in [0.1, 0.15) is 6.92 Å². The zero-order valence-electron chi connectivity index (χ0n) is 8.31. The molecule has 0 amide bonds. The predicted molar refractivity (Wildman–Crippen MR) is 57.2 cm³/mol. The number of aliphatic hydroxyl groups excluding tert-OH is 1. The second kappa shape index (κ2) is 3.79. The van der Waals surface area contributed by atoms with Gasteiger partial charge in [-0.25, -0.2) is 4.79 Å². The molecule has 3 nitrogen and oxygen atoms in total. The molecule has 0 saturated heterocycles. The topological polar surface area (TPSA) is 50.4 Å². The first-order valence-electron chi connectivity index (χ1n) is 4.72. The van der Waals surface area contributed by atoms with Gasteiger partial charge in [0.1, 0.15) is 6.10 Å². The fraction of sp³-hybridized carbons (Fsp3) is 0.167. The van der Waals surface area contributed by atoms with Crippen LogP contribution in [-0.2, 0) is 0 Å². The number of allylic oxidation sites excluding steroid dienone is 1. The van der Waals surface area contributed by atoms with E-state index in [1.54, 1.807) is 25.1 Å². The summed E-state index contributed by atoms with van der Waals surface area (Å²) in [5.41, 5.74) is 1.01. The van der Waals surface area contributed by atoms with Gasteiger partial charge < -0.3 is 9.52 Å². The second-order valence-corrected chi connectivity index (χ2v) is 3.46. The predicted octanol–water partition coefficient (Wildman–Crippen LogP) is -0.274. The number of hydrogen-bond acceptors (Lipinski definition) is 3. The molecule has 0 fully saturated rings.